The molecule has 12 aliphatic carbocycles. The second-order valence-electron chi connectivity index (χ2n) is 38.8. The normalized spacial score (nSPS) is 36.2. The Morgan fingerprint density at radius 2 is 0.802 bits per heavy atom. The zero-order chi connectivity index (χ0) is 82.7. The number of ether oxygens (including phenoxy) is 10. The highest BCUT2D eigenvalue weighted by Crippen LogP contribution is 2.71. The number of rotatable bonds is 10. The summed E-state index contributed by atoms with van der Waals surface area (Å²) in [7, 11) is 7.08. The van der Waals surface area contributed by atoms with E-state index in [-0.39, 0.29) is 110 Å². The minimum atomic E-state index is -0.311. The summed E-state index contributed by atoms with van der Waals surface area (Å²) in [5, 5.41) is 7.57. The first-order valence-corrected chi connectivity index (χ1v) is 43.2. The molecule has 17 rings (SSSR count). The zero-order valence-electron chi connectivity index (χ0n) is 72.4. The van der Waals surface area contributed by atoms with Gasteiger partial charge in [0, 0.05) is 30.8 Å². The Morgan fingerprint density at radius 1 is 0.414 bits per heavy atom. The lowest BCUT2D eigenvalue weighted by Crippen LogP contribution is -2.38. The third-order valence-corrected chi connectivity index (χ3v) is 30.9. The lowest BCUT2D eigenvalue weighted by atomic mass is 9.64. The van der Waals surface area contributed by atoms with Crippen LogP contribution in [0.1, 0.15) is 285 Å². The topological polar surface area (TPSA) is 283 Å². The average molecular weight is 1570 g/mol. The van der Waals surface area contributed by atoms with Gasteiger partial charge in [-0.05, 0) is 320 Å². The van der Waals surface area contributed by atoms with Crippen LogP contribution in [0.25, 0.3) is 0 Å². The minimum absolute atomic E-state index is 0.00289. The van der Waals surface area contributed by atoms with Crippen molar-refractivity contribution in [1.82, 2.24) is 0 Å². The number of methoxy groups -OCH3 is 5. The Bertz CT molecular complexity index is 3000. The van der Waals surface area contributed by atoms with E-state index in [1.165, 1.54) is 145 Å². The first-order chi connectivity index (χ1) is 52.2. The van der Waals surface area contributed by atoms with Crippen LogP contribution in [-0.2, 0) is 95.3 Å². The summed E-state index contributed by atoms with van der Waals surface area (Å²) >= 11 is 0. The van der Waals surface area contributed by atoms with E-state index in [1.807, 2.05) is 104 Å². The largest absolute Gasteiger partial charge is 0.469 e. The van der Waals surface area contributed by atoms with Crippen LogP contribution >= 0.6 is 0 Å². The molecule has 5 saturated heterocycles. The summed E-state index contributed by atoms with van der Waals surface area (Å²) in [6, 6.07) is 0. The summed E-state index contributed by atoms with van der Waals surface area (Å²) in [5.74, 6) is 14.2. The molecule has 17 aliphatic rings. The molecule has 0 radical (unpaired) electrons. The number of carbonyl (C=O) groups is 10. The number of aliphatic hydroxyl groups is 1. The molecule has 21 heteroatoms. The van der Waals surface area contributed by atoms with Gasteiger partial charge in [0.05, 0.1) is 106 Å². The van der Waals surface area contributed by atoms with Crippen molar-refractivity contribution >= 4 is 59.7 Å². The number of hydrogen-bond donors (Lipinski definition) is 1. The Balaban J connectivity index is 0.000000172. The van der Waals surface area contributed by atoms with E-state index in [2.05, 4.69) is 30.6 Å². The van der Waals surface area contributed by atoms with Crippen molar-refractivity contribution in [2.24, 2.45) is 151 Å². The summed E-state index contributed by atoms with van der Waals surface area (Å²) in [6.45, 7) is 34.7. The maximum atomic E-state index is 11.8. The fourth-order valence-corrected chi connectivity index (χ4v) is 22.7. The van der Waals surface area contributed by atoms with E-state index < -0.39 is 0 Å². The summed E-state index contributed by atoms with van der Waals surface area (Å²) in [6.07, 6.45) is 30.9. The molecule has 634 valence electrons. The van der Waals surface area contributed by atoms with Crippen LogP contribution in [0, 0.1) is 151 Å². The van der Waals surface area contributed by atoms with Gasteiger partial charge in [-0.15, -0.1) is 0 Å². The van der Waals surface area contributed by atoms with E-state index in [4.69, 9.17) is 28.8 Å². The molecule has 2 spiro atoms. The molecule has 23 unspecified atom stereocenters. The highest BCUT2D eigenvalue weighted by atomic mass is 16.6. The van der Waals surface area contributed by atoms with Crippen molar-refractivity contribution < 1.29 is 100 Å². The monoisotopic (exact) mass is 1570 g/mol. The number of aliphatic hydroxyl groups excluding tert-OH is 1. The number of esters is 10. The molecule has 0 amide bonds. The Labute approximate surface area is 666 Å². The van der Waals surface area contributed by atoms with Gasteiger partial charge in [0.25, 0.3) is 0 Å². The third kappa shape index (κ3) is 20.7. The van der Waals surface area contributed by atoms with Crippen LogP contribution in [0.15, 0.2) is 0 Å². The fourth-order valence-electron chi connectivity index (χ4n) is 22.7. The molecule has 23 atom stereocenters. The lowest BCUT2D eigenvalue weighted by Gasteiger charge is -2.38. The van der Waals surface area contributed by atoms with Crippen molar-refractivity contribution in [1.29, 1.82) is 0 Å². The molecule has 21 nitrogen and oxygen atoms in total. The highest BCUT2D eigenvalue weighted by Gasteiger charge is 2.69. The Morgan fingerprint density at radius 3 is 1.16 bits per heavy atom. The second kappa shape index (κ2) is 39.1. The van der Waals surface area contributed by atoms with Crippen molar-refractivity contribution in [2.45, 2.75) is 296 Å². The number of cyclic esters (lactones) is 4. The predicted octanol–water partition coefficient (Wildman–Crippen LogP) is 16.5. The van der Waals surface area contributed by atoms with E-state index in [0.29, 0.717) is 72.2 Å². The van der Waals surface area contributed by atoms with E-state index in [1.54, 1.807) is 6.92 Å². The molecule has 0 aromatic rings. The first kappa shape index (κ1) is 92.8. The maximum absolute atomic E-state index is 11.8. The molecule has 5 heterocycles. The van der Waals surface area contributed by atoms with Gasteiger partial charge in [0.1, 0.15) is 11.7 Å². The van der Waals surface area contributed by atoms with Crippen LogP contribution in [-0.4, -0.2) is 138 Å². The van der Waals surface area contributed by atoms with Crippen LogP contribution in [0.3, 0.4) is 0 Å². The summed E-state index contributed by atoms with van der Waals surface area (Å²) in [5.41, 5.74) is -1.52. The van der Waals surface area contributed by atoms with Crippen LogP contribution in [0.4, 0.5) is 0 Å². The Kier molecular flexibility index (Phi) is 32.7. The molecule has 1 N–H and O–H groups in total. The molecule has 0 aromatic carbocycles. The van der Waals surface area contributed by atoms with E-state index >= 15 is 0 Å². The van der Waals surface area contributed by atoms with Gasteiger partial charge in [-0.1, -0.05) is 41.0 Å². The van der Waals surface area contributed by atoms with Crippen molar-refractivity contribution in [3.8, 4) is 0 Å². The number of fused-ring (bicyclic) bond motifs is 28. The van der Waals surface area contributed by atoms with Gasteiger partial charge in [-0.2, -0.15) is 0 Å². The minimum Gasteiger partial charge on any atom is -0.469 e. The van der Waals surface area contributed by atoms with Gasteiger partial charge in [0.2, 0.25) is 0 Å². The van der Waals surface area contributed by atoms with Crippen molar-refractivity contribution in [2.75, 3.05) is 62.0 Å². The molecule has 0 aromatic heterocycles. The highest BCUT2D eigenvalue weighted by molar-refractivity contribution is 5.81. The van der Waals surface area contributed by atoms with Crippen LogP contribution in [0.2, 0.25) is 0 Å². The van der Waals surface area contributed by atoms with Gasteiger partial charge in [-0.25, -0.2) is 0 Å². The van der Waals surface area contributed by atoms with E-state index in [9.17, 15) is 47.9 Å². The second-order valence-corrected chi connectivity index (χ2v) is 38.8. The average Bonchev–Trinajstić information content (AvgIpc) is 1.53. The van der Waals surface area contributed by atoms with E-state index in [0.717, 1.165) is 124 Å². The summed E-state index contributed by atoms with van der Waals surface area (Å²) in [4.78, 5) is 111. The molecule has 12 saturated carbocycles. The SMILES string of the molecule is CC1OC(=O)C2C3CCC(C3)C12.CCC(C)(C)C(=O)OC.CCC(C)(C)C(=O)OC.CCC(C)(C)C(=O)OC.CCC(C)(C)C(=O)OC.CCC(C)(C)C(=O)OC.CCO.O=C1CCC2(CC3CCC2C3)O1.O=C1OCC2C3CC(C12)C1C2CCC(C2)C31.O=C1OCC2C3CCC(C3)C12.O=C1OCCC12CC1CCC2C1. The van der Waals surface area contributed by atoms with Crippen molar-refractivity contribution in [3.05, 3.63) is 0 Å². The van der Waals surface area contributed by atoms with Gasteiger partial charge in [-0.3, -0.25) is 47.9 Å². The summed E-state index contributed by atoms with van der Waals surface area (Å²) < 4.78 is 49.1. The van der Waals surface area contributed by atoms with Crippen LogP contribution in [0.5, 0.6) is 0 Å². The number of hydrogen-bond acceptors (Lipinski definition) is 21. The maximum Gasteiger partial charge on any atom is 0.312 e. The molecule has 5 aliphatic heterocycles. The van der Waals surface area contributed by atoms with Crippen molar-refractivity contribution in [3.63, 3.8) is 0 Å². The van der Waals surface area contributed by atoms with Crippen LogP contribution < -0.4 is 0 Å². The quantitative estimate of drug-likeness (QED) is 0.121. The van der Waals surface area contributed by atoms with Gasteiger partial charge >= 0.3 is 59.7 Å². The van der Waals surface area contributed by atoms with Gasteiger partial charge < -0.3 is 52.5 Å². The fraction of sp³-hybridized carbons (Fsp3) is 0.889. The molecular weight excluding hydrogens is 1420 g/mol. The lowest BCUT2D eigenvalue weighted by molar-refractivity contribution is -0.153. The Hall–Kier alpha value is -5.34. The molecular formula is C90H148O21. The predicted molar refractivity (Wildman–Crippen MR) is 420 cm³/mol. The zero-order valence-corrected chi connectivity index (χ0v) is 72.4. The smallest absolute Gasteiger partial charge is 0.312 e. The molecule has 12 bridgehead atoms. The van der Waals surface area contributed by atoms with Gasteiger partial charge in [0.15, 0.2) is 0 Å². The molecule has 111 heavy (non-hydrogen) atoms. The number of carbonyl (C=O) groups excluding carboxylic acids is 10. The third-order valence-electron chi connectivity index (χ3n) is 30.9. The molecule has 17 fully saturated rings. The standard InChI is InChI=1S/C14H18O2.3C10H14O2.C9H12O2.5C7H14O2.C2H6O/c15-14-13-9-4-8(10(13)5-16-14)11-6-1-2-7(3-6)12(9)11;1-5-8-6-2-3-7(4-6)9(8)10(11)12-5;11-9-10(3-4-12-9)6-7-1-2-8(10)5-7;11-9-3-4-10(12-9)6-7-1-2-8(10)5-7;10-9-8-6-2-1-5(3-6)7(8)4-11-9;5*1-5-7(2,3)6(8)9-4;1-2-3/h6-13H,1-5H2;5-9H,2-4H2,1H3;2*7-8H,1-6H2;5-8H,1-4H2;5*5H2,1-4H3;3H,2H2,1H3. The first-order valence-electron chi connectivity index (χ1n) is 43.2.